The van der Waals surface area contributed by atoms with E-state index >= 15 is 0 Å². The summed E-state index contributed by atoms with van der Waals surface area (Å²) >= 11 is 0. The van der Waals surface area contributed by atoms with Gasteiger partial charge in [-0.15, -0.1) is 0 Å². The van der Waals surface area contributed by atoms with Crippen LogP contribution in [0, 0.1) is 18.6 Å². The highest BCUT2D eigenvalue weighted by atomic mass is 19.1. The lowest BCUT2D eigenvalue weighted by Gasteiger charge is -2.48. The standard InChI is InChI=1S/C20H24F2N6O/c1-13-7-15(22)16(8-14(13)21)28-10-19(29)26-20(11-28)3-5-27(6-4-20)18-9-17(23-2)24-12-25-18/h7-9,12H,3-6,10-11H2,1-2H3,(H,26,29)(H,23,24,25). The SMILES string of the molecule is CNc1cc(N2CCC3(CC2)CN(c2cc(F)c(C)cc2F)CC(=O)N3)ncn1. The summed E-state index contributed by atoms with van der Waals surface area (Å²) in [7, 11) is 1.80. The van der Waals surface area contributed by atoms with Gasteiger partial charge in [0.05, 0.1) is 17.8 Å². The molecule has 2 fully saturated rings. The van der Waals surface area contributed by atoms with Gasteiger partial charge in [0.25, 0.3) is 0 Å². The Kier molecular flexibility index (Phi) is 4.97. The summed E-state index contributed by atoms with van der Waals surface area (Å²) in [4.78, 5) is 24.7. The Balaban J connectivity index is 1.52. The van der Waals surface area contributed by atoms with E-state index in [1.54, 1.807) is 11.9 Å². The fourth-order valence-corrected chi connectivity index (χ4v) is 4.12. The molecule has 4 rings (SSSR count). The molecule has 0 aliphatic carbocycles. The number of carbonyl (C=O) groups is 1. The molecule has 0 unspecified atom stereocenters. The van der Waals surface area contributed by atoms with Crippen LogP contribution in [0.4, 0.5) is 26.1 Å². The first-order valence-corrected chi connectivity index (χ1v) is 9.65. The fraction of sp³-hybridized carbons (Fsp3) is 0.450. The van der Waals surface area contributed by atoms with Crippen molar-refractivity contribution in [2.24, 2.45) is 0 Å². The molecule has 7 nitrogen and oxygen atoms in total. The highest BCUT2D eigenvalue weighted by Crippen LogP contribution is 2.32. The van der Waals surface area contributed by atoms with Crippen LogP contribution in [0.5, 0.6) is 0 Å². The predicted octanol–water partition coefficient (Wildman–Crippen LogP) is 2.08. The van der Waals surface area contributed by atoms with Crippen molar-refractivity contribution in [3.8, 4) is 0 Å². The second kappa shape index (κ2) is 7.46. The van der Waals surface area contributed by atoms with Gasteiger partial charge in [-0.1, -0.05) is 0 Å². The van der Waals surface area contributed by atoms with Crippen molar-refractivity contribution < 1.29 is 13.6 Å². The Hall–Kier alpha value is -2.97. The van der Waals surface area contributed by atoms with Gasteiger partial charge < -0.3 is 20.4 Å². The van der Waals surface area contributed by atoms with E-state index in [0.717, 1.165) is 11.6 Å². The van der Waals surface area contributed by atoms with Gasteiger partial charge in [-0.2, -0.15) is 0 Å². The number of rotatable bonds is 3. The van der Waals surface area contributed by atoms with Gasteiger partial charge in [0.15, 0.2) is 0 Å². The Morgan fingerprint density at radius 1 is 1.10 bits per heavy atom. The van der Waals surface area contributed by atoms with Crippen molar-refractivity contribution >= 4 is 23.2 Å². The topological polar surface area (TPSA) is 73.4 Å². The van der Waals surface area contributed by atoms with E-state index in [1.165, 1.54) is 25.4 Å². The van der Waals surface area contributed by atoms with E-state index < -0.39 is 17.2 Å². The van der Waals surface area contributed by atoms with Gasteiger partial charge in [0, 0.05) is 38.8 Å². The highest BCUT2D eigenvalue weighted by molar-refractivity contribution is 5.84. The third-order valence-corrected chi connectivity index (χ3v) is 5.75. The van der Waals surface area contributed by atoms with Gasteiger partial charge in [-0.05, 0) is 31.4 Å². The molecule has 2 saturated heterocycles. The van der Waals surface area contributed by atoms with Crippen molar-refractivity contribution in [2.45, 2.75) is 25.3 Å². The smallest absolute Gasteiger partial charge is 0.240 e. The molecule has 2 aliphatic heterocycles. The van der Waals surface area contributed by atoms with Gasteiger partial charge >= 0.3 is 0 Å². The molecule has 9 heteroatoms. The number of piperazine rings is 1. The second-order valence-electron chi connectivity index (χ2n) is 7.74. The number of anilines is 3. The molecule has 2 aromatic rings. The molecule has 0 bridgehead atoms. The summed E-state index contributed by atoms with van der Waals surface area (Å²) in [5, 5.41) is 6.10. The van der Waals surface area contributed by atoms with Crippen molar-refractivity contribution in [3.63, 3.8) is 0 Å². The lowest BCUT2D eigenvalue weighted by atomic mass is 9.85. The minimum absolute atomic E-state index is 0.0162. The minimum atomic E-state index is -0.508. The molecule has 0 atom stereocenters. The number of amides is 1. The lowest BCUT2D eigenvalue weighted by molar-refractivity contribution is -0.123. The molecule has 3 heterocycles. The zero-order valence-corrected chi connectivity index (χ0v) is 16.5. The van der Waals surface area contributed by atoms with Gasteiger partial charge in [-0.25, -0.2) is 18.7 Å². The normalized spacial score (nSPS) is 18.7. The van der Waals surface area contributed by atoms with E-state index in [0.29, 0.717) is 32.5 Å². The van der Waals surface area contributed by atoms with Crippen molar-refractivity contribution in [2.75, 3.05) is 48.3 Å². The molecule has 0 saturated carbocycles. The largest absolute Gasteiger partial charge is 0.373 e. The summed E-state index contributed by atoms with van der Waals surface area (Å²) in [6, 6.07) is 4.25. The Bertz CT molecular complexity index is 929. The average molecular weight is 402 g/mol. The van der Waals surface area contributed by atoms with E-state index in [4.69, 9.17) is 0 Å². The number of nitrogens with one attached hydrogen (secondary N) is 2. The van der Waals surface area contributed by atoms with Crippen molar-refractivity contribution in [1.82, 2.24) is 15.3 Å². The molecule has 1 aromatic carbocycles. The molecular weight excluding hydrogens is 378 g/mol. The van der Waals surface area contributed by atoms with Crippen LogP contribution in [-0.4, -0.2) is 54.6 Å². The third-order valence-electron chi connectivity index (χ3n) is 5.75. The summed E-state index contributed by atoms with van der Waals surface area (Å²) < 4.78 is 28.5. The Morgan fingerprint density at radius 3 is 2.59 bits per heavy atom. The van der Waals surface area contributed by atoms with Crippen LogP contribution < -0.4 is 20.4 Å². The van der Waals surface area contributed by atoms with Crippen LogP contribution in [0.1, 0.15) is 18.4 Å². The first-order chi connectivity index (χ1) is 13.9. The maximum absolute atomic E-state index is 14.5. The molecule has 1 spiro atoms. The highest BCUT2D eigenvalue weighted by Gasteiger charge is 2.42. The van der Waals surface area contributed by atoms with E-state index in [1.807, 2.05) is 6.07 Å². The number of nitrogens with zero attached hydrogens (tertiary/aromatic N) is 4. The fourth-order valence-electron chi connectivity index (χ4n) is 4.12. The number of aromatic nitrogens is 2. The zero-order chi connectivity index (χ0) is 20.6. The molecule has 1 amide bonds. The quantitative estimate of drug-likeness (QED) is 0.819. The summed E-state index contributed by atoms with van der Waals surface area (Å²) in [5.74, 6) is 0.408. The maximum Gasteiger partial charge on any atom is 0.240 e. The van der Waals surface area contributed by atoms with E-state index in [2.05, 4.69) is 25.5 Å². The van der Waals surface area contributed by atoms with Gasteiger partial charge in [0.2, 0.25) is 5.91 Å². The molecule has 1 aromatic heterocycles. The number of carbonyl (C=O) groups excluding carboxylic acids is 1. The maximum atomic E-state index is 14.5. The number of benzene rings is 1. The number of halogens is 2. The van der Waals surface area contributed by atoms with Gasteiger partial charge in [-0.3, -0.25) is 4.79 Å². The molecule has 2 aliphatic rings. The van der Waals surface area contributed by atoms with Gasteiger partial charge in [0.1, 0.15) is 29.6 Å². The molecular formula is C20H24F2N6O. The summed E-state index contributed by atoms with van der Waals surface area (Å²) in [6.07, 6.45) is 2.89. The van der Waals surface area contributed by atoms with Crippen molar-refractivity contribution in [3.05, 3.63) is 41.7 Å². The van der Waals surface area contributed by atoms with Crippen LogP contribution in [0.2, 0.25) is 0 Å². The average Bonchev–Trinajstić information content (AvgIpc) is 2.70. The predicted molar refractivity (Wildman–Crippen MR) is 107 cm³/mol. The van der Waals surface area contributed by atoms with Crippen LogP contribution >= 0.6 is 0 Å². The van der Waals surface area contributed by atoms with E-state index in [-0.39, 0.29) is 23.7 Å². The third kappa shape index (κ3) is 3.81. The summed E-state index contributed by atoms with van der Waals surface area (Å²) in [6.45, 7) is 3.37. The molecule has 154 valence electrons. The minimum Gasteiger partial charge on any atom is -0.373 e. The van der Waals surface area contributed by atoms with Crippen LogP contribution in [0.15, 0.2) is 24.5 Å². The molecule has 0 radical (unpaired) electrons. The summed E-state index contributed by atoms with van der Waals surface area (Å²) in [5.41, 5.74) is -0.0841. The first-order valence-electron chi connectivity index (χ1n) is 9.65. The van der Waals surface area contributed by atoms with Crippen LogP contribution in [0.3, 0.4) is 0 Å². The number of hydrogen-bond acceptors (Lipinski definition) is 6. The number of aryl methyl sites for hydroxylation is 1. The van der Waals surface area contributed by atoms with E-state index in [9.17, 15) is 13.6 Å². The second-order valence-corrected chi connectivity index (χ2v) is 7.74. The number of hydrogen-bond donors (Lipinski definition) is 2. The lowest BCUT2D eigenvalue weighted by Crippen LogP contribution is -2.66. The Labute approximate surface area is 168 Å². The van der Waals surface area contributed by atoms with Crippen LogP contribution in [0.25, 0.3) is 0 Å². The molecule has 29 heavy (non-hydrogen) atoms. The van der Waals surface area contributed by atoms with Crippen molar-refractivity contribution in [1.29, 1.82) is 0 Å². The Morgan fingerprint density at radius 2 is 1.86 bits per heavy atom. The molecule has 2 N–H and O–H groups in total. The first kappa shape index (κ1) is 19.4. The number of piperidine rings is 1. The van der Waals surface area contributed by atoms with Crippen LogP contribution in [-0.2, 0) is 4.79 Å². The monoisotopic (exact) mass is 402 g/mol. The zero-order valence-electron chi connectivity index (χ0n) is 16.5.